The van der Waals surface area contributed by atoms with E-state index in [0.29, 0.717) is 30.2 Å². The number of nitrogens with one attached hydrogen (secondary N) is 2. The number of halogens is 1. The normalized spacial score (nSPS) is 11.5. The van der Waals surface area contributed by atoms with Crippen LogP contribution in [-0.4, -0.2) is 38.2 Å². The van der Waals surface area contributed by atoms with E-state index in [0.717, 1.165) is 0 Å². The lowest BCUT2D eigenvalue weighted by Crippen LogP contribution is -2.41. The van der Waals surface area contributed by atoms with Crippen LogP contribution in [0.4, 0.5) is 10.1 Å². The van der Waals surface area contributed by atoms with Crippen molar-refractivity contribution in [3.63, 3.8) is 0 Å². The zero-order valence-electron chi connectivity index (χ0n) is 15.3. The SMILES string of the molecule is COCCOc1ccccc1NC(=O)C(=O)NC(C)Cc1ccccc1F. The van der Waals surface area contributed by atoms with E-state index in [9.17, 15) is 14.0 Å². The van der Waals surface area contributed by atoms with Crippen LogP contribution >= 0.6 is 0 Å². The second-order valence-corrected chi connectivity index (χ2v) is 5.96. The summed E-state index contributed by atoms with van der Waals surface area (Å²) in [5, 5.41) is 5.10. The Morgan fingerprint density at radius 3 is 2.48 bits per heavy atom. The van der Waals surface area contributed by atoms with Crippen molar-refractivity contribution in [1.29, 1.82) is 0 Å². The van der Waals surface area contributed by atoms with Crippen LogP contribution in [0.5, 0.6) is 5.75 Å². The number of rotatable bonds is 8. The maximum atomic E-state index is 13.7. The average molecular weight is 374 g/mol. The smallest absolute Gasteiger partial charge is 0.313 e. The van der Waals surface area contributed by atoms with Gasteiger partial charge in [0, 0.05) is 13.2 Å². The van der Waals surface area contributed by atoms with Gasteiger partial charge in [-0.3, -0.25) is 9.59 Å². The average Bonchev–Trinajstić information content (AvgIpc) is 2.65. The molecule has 0 radical (unpaired) electrons. The van der Waals surface area contributed by atoms with Crippen LogP contribution in [0.1, 0.15) is 12.5 Å². The monoisotopic (exact) mass is 374 g/mol. The van der Waals surface area contributed by atoms with Crippen molar-refractivity contribution in [2.75, 3.05) is 25.6 Å². The van der Waals surface area contributed by atoms with Gasteiger partial charge in [0.1, 0.15) is 18.2 Å². The number of hydrogen-bond acceptors (Lipinski definition) is 4. The van der Waals surface area contributed by atoms with Gasteiger partial charge >= 0.3 is 11.8 Å². The summed E-state index contributed by atoms with van der Waals surface area (Å²) >= 11 is 0. The quantitative estimate of drug-likeness (QED) is 0.550. The summed E-state index contributed by atoms with van der Waals surface area (Å²) in [6.45, 7) is 2.42. The van der Waals surface area contributed by atoms with E-state index in [-0.39, 0.29) is 12.2 Å². The van der Waals surface area contributed by atoms with Crippen LogP contribution in [0.3, 0.4) is 0 Å². The summed E-state index contributed by atoms with van der Waals surface area (Å²) in [5.41, 5.74) is 0.859. The molecule has 1 atom stereocenters. The molecule has 1 unspecified atom stereocenters. The summed E-state index contributed by atoms with van der Waals surface area (Å²) in [7, 11) is 1.56. The van der Waals surface area contributed by atoms with Crippen molar-refractivity contribution >= 4 is 17.5 Å². The number of amides is 2. The van der Waals surface area contributed by atoms with E-state index in [1.165, 1.54) is 6.07 Å². The molecule has 2 aromatic rings. The van der Waals surface area contributed by atoms with Crippen molar-refractivity contribution in [2.24, 2.45) is 0 Å². The highest BCUT2D eigenvalue weighted by Crippen LogP contribution is 2.23. The minimum absolute atomic E-state index is 0.280. The van der Waals surface area contributed by atoms with Gasteiger partial charge in [-0.1, -0.05) is 30.3 Å². The highest BCUT2D eigenvalue weighted by atomic mass is 19.1. The summed E-state index contributed by atoms with van der Waals surface area (Å²) in [5.74, 6) is -1.52. The molecule has 0 aliphatic heterocycles. The first-order chi connectivity index (χ1) is 13.0. The van der Waals surface area contributed by atoms with Gasteiger partial charge in [0.25, 0.3) is 0 Å². The zero-order valence-corrected chi connectivity index (χ0v) is 15.3. The first-order valence-electron chi connectivity index (χ1n) is 8.57. The Bertz CT molecular complexity index is 782. The van der Waals surface area contributed by atoms with Crippen LogP contribution in [0, 0.1) is 5.82 Å². The molecule has 2 N–H and O–H groups in total. The molecule has 0 aromatic heterocycles. The molecule has 0 saturated heterocycles. The molecule has 7 heteroatoms. The molecule has 0 saturated carbocycles. The van der Waals surface area contributed by atoms with Gasteiger partial charge in [-0.2, -0.15) is 0 Å². The number of ether oxygens (including phenoxy) is 2. The Balaban J connectivity index is 1.92. The van der Waals surface area contributed by atoms with Crippen molar-refractivity contribution < 1.29 is 23.5 Å². The predicted octanol–water partition coefficient (Wildman–Crippen LogP) is 2.54. The first-order valence-corrected chi connectivity index (χ1v) is 8.57. The largest absolute Gasteiger partial charge is 0.489 e. The first kappa shape index (κ1) is 20.4. The third kappa shape index (κ3) is 6.38. The zero-order chi connectivity index (χ0) is 19.6. The topological polar surface area (TPSA) is 76.7 Å². The van der Waals surface area contributed by atoms with Gasteiger partial charge in [-0.05, 0) is 37.1 Å². The molecule has 2 rings (SSSR count). The summed E-state index contributed by atoms with van der Waals surface area (Å²) in [4.78, 5) is 24.3. The lowest BCUT2D eigenvalue weighted by Gasteiger charge is -2.15. The fourth-order valence-electron chi connectivity index (χ4n) is 2.44. The lowest BCUT2D eigenvalue weighted by molar-refractivity contribution is -0.136. The van der Waals surface area contributed by atoms with Gasteiger partial charge in [0.15, 0.2) is 0 Å². The van der Waals surface area contributed by atoms with Crippen LogP contribution in [-0.2, 0) is 20.7 Å². The number of hydrogen-bond donors (Lipinski definition) is 2. The maximum absolute atomic E-state index is 13.7. The van der Waals surface area contributed by atoms with E-state index in [1.54, 1.807) is 56.5 Å². The molecular weight excluding hydrogens is 351 g/mol. The van der Waals surface area contributed by atoms with Gasteiger partial charge in [-0.15, -0.1) is 0 Å². The van der Waals surface area contributed by atoms with E-state index in [4.69, 9.17) is 9.47 Å². The molecule has 2 amide bonds. The fraction of sp³-hybridized carbons (Fsp3) is 0.300. The second kappa shape index (κ2) is 10.3. The highest BCUT2D eigenvalue weighted by molar-refractivity contribution is 6.39. The van der Waals surface area contributed by atoms with Gasteiger partial charge in [0.2, 0.25) is 0 Å². The third-order valence-electron chi connectivity index (χ3n) is 3.75. The van der Waals surface area contributed by atoms with E-state index >= 15 is 0 Å². The Hall–Kier alpha value is -2.93. The predicted molar refractivity (Wildman–Crippen MR) is 100 cm³/mol. The molecule has 2 aromatic carbocycles. The lowest BCUT2D eigenvalue weighted by atomic mass is 10.1. The highest BCUT2D eigenvalue weighted by Gasteiger charge is 2.18. The van der Waals surface area contributed by atoms with Crippen molar-refractivity contribution in [3.8, 4) is 5.75 Å². The fourth-order valence-corrected chi connectivity index (χ4v) is 2.44. The maximum Gasteiger partial charge on any atom is 0.313 e. The molecule has 144 valence electrons. The number of benzene rings is 2. The molecule has 27 heavy (non-hydrogen) atoms. The van der Waals surface area contributed by atoms with Crippen LogP contribution in [0.25, 0.3) is 0 Å². The number of anilines is 1. The van der Waals surface area contributed by atoms with Crippen molar-refractivity contribution in [2.45, 2.75) is 19.4 Å². The summed E-state index contributed by atoms with van der Waals surface area (Å²) in [6, 6.07) is 12.7. The Kier molecular flexibility index (Phi) is 7.76. The molecule has 0 aliphatic rings. The van der Waals surface area contributed by atoms with E-state index < -0.39 is 17.9 Å². The van der Waals surface area contributed by atoms with Crippen LogP contribution in [0.2, 0.25) is 0 Å². The minimum atomic E-state index is -0.821. The molecule has 0 spiro atoms. The number of carbonyl (C=O) groups excluding carboxylic acids is 2. The van der Waals surface area contributed by atoms with Crippen molar-refractivity contribution in [1.82, 2.24) is 5.32 Å². The van der Waals surface area contributed by atoms with Crippen LogP contribution in [0.15, 0.2) is 48.5 Å². The van der Waals surface area contributed by atoms with Gasteiger partial charge in [-0.25, -0.2) is 4.39 Å². The molecule has 0 fully saturated rings. The third-order valence-corrected chi connectivity index (χ3v) is 3.75. The molecule has 0 bridgehead atoms. The Labute approximate surface area is 157 Å². The molecule has 6 nitrogen and oxygen atoms in total. The molecular formula is C20H23FN2O4. The number of methoxy groups -OCH3 is 1. The van der Waals surface area contributed by atoms with Gasteiger partial charge in [0.05, 0.1) is 12.3 Å². The summed E-state index contributed by atoms with van der Waals surface area (Å²) in [6.07, 6.45) is 0.280. The van der Waals surface area contributed by atoms with E-state index in [1.807, 2.05) is 0 Å². The standard InChI is InChI=1S/C20H23FN2O4/c1-14(13-15-7-3-4-8-16(15)21)22-19(24)20(25)23-17-9-5-6-10-18(17)27-12-11-26-2/h3-10,14H,11-13H2,1-2H3,(H,22,24)(H,23,25). The number of carbonyl (C=O) groups is 2. The molecule has 0 heterocycles. The summed E-state index contributed by atoms with van der Waals surface area (Å²) < 4.78 is 24.1. The molecule has 0 aliphatic carbocycles. The van der Waals surface area contributed by atoms with Gasteiger partial charge < -0.3 is 20.1 Å². The number of para-hydroxylation sites is 2. The Morgan fingerprint density at radius 1 is 1.04 bits per heavy atom. The minimum Gasteiger partial charge on any atom is -0.489 e. The van der Waals surface area contributed by atoms with E-state index in [2.05, 4.69) is 10.6 Å². The second-order valence-electron chi connectivity index (χ2n) is 5.96. The van der Waals surface area contributed by atoms with Crippen LogP contribution < -0.4 is 15.4 Å². The Morgan fingerprint density at radius 2 is 1.74 bits per heavy atom. The van der Waals surface area contributed by atoms with Crippen molar-refractivity contribution in [3.05, 3.63) is 59.9 Å².